The van der Waals surface area contributed by atoms with E-state index in [9.17, 15) is 0 Å². The molecule has 0 aliphatic rings. The normalized spacial score (nSPS) is 10.9. The Morgan fingerprint density at radius 1 is 1.24 bits per heavy atom. The van der Waals surface area contributed by atoms with Crippen LogP contribution in [0.3, 0.4) is 0 Å². The van der Waals surface area contributed by atoms with Crippen molar-refractivity contribution in [3.05, 3.63) is 32.7 Å². The molecule has 0 saturated carbocycles. The van der Waals surface area contributed by atoms with Crippen LogP contribution in [0.4, 0.5) is 11.5 Å². The number of H-pyrrole nitrogens is 1. The lowest BCUT2D eigenvalue weighted by molar-refractivity contribution is 0.412. The number of aromatic amines is 1. The van der Waals surface area contributed by atoms with Crippen LogP contribution < -0.4 is 10.1 Å². The molecule has 0 fully saturated rings. The molecule has 108 valence electrons. The Kier molecular flexibility index (Phi) is 4.01. The first-order chi connectivity index (χ1) is 10.1. The minimum atomic E-state index is 0.122. The van der Waals surface area contributed by atoms with Crippen LogP contribution in [-0.2, 0) is 0 Å². The number of hydrogen-bond acceptors (Lipinski definition) is 5. The van der Waals surface area contributed by atoms with Crippen molar-refractivity contribution in [1.82, 2.24) is 19.9 Å². The van der Waals surface area contributed by atoms with Gasteiger partial charge in [-0.25, -0.2) is 4.98 Å². The Morgan fingerprint density at radius 3 is 2.81 bits per heavy atom. The molecule has 0 aliphatic heterocycles. The van der Waals surface area contributed by atoms with Gasteiger partial charge in [0, 0.05) is 10.5 Å². The first-order valence-corrected chi connectivity index (χ1v) is 7.71. The summed E-state index contributed by atoms with van der Waals surface area (Å²) < 4.78 is 6.98. The van der Waals surface area contributed by atoms with Gasteiger partial charge in [-0.15, -0.1) is 0 Å². The van der Waals surface area contributed by atoms with Crippen molar-refractivity contribution in [2.24, 2.45) is 0 Å². The Morgan fingerprint density at radius 2 is 2.05 bits per heavy atom. The second kappa shape index (κ2) is 5.78. The Labute approximate surface area is 141 Å². The van der Waals surface area contributed by atoms with Crippen molar-refractivity contribution in [2.75, 3.05) is 12.4 Å². The number of imidazole rings is 1. The van der Waals surface area contributed by atoms with Gasteiger partial charge in [-0.3, -0.25) is 0 Å². The number of hydrogen-bond donors (Lipinski definition) is 2. The van der Waals surface area contributed by atoms with Gasteiger partial charge in [-0.05, 0) is 49.5 Å². The molecule has 0 atom stereocenters. The van der Waals surface area contributed by atoms with Crippen molar-refractivity contribution in [3.8, 4) is 5.75 Å². The third-order valence-corrected chi connectivity index (χ3v) is 4.20. The number of halogens is 3. The fourth-order valence-corrected chi connectivity index (χ4v) is 3.23. The highest BCUT2D eigenvalue weighted by atomic mass is 79.9. The molecule has 21 heavy (non-hydrogen) atoms. The van der Waals surface area contributed by atoms with Gasteiger partial charge in [0.25, 0.3) is 0 Å². The molecule has 9 heteroatoms. The van der Waals surface area contributed by atoms with Crippen molar-refractivity contribution in [1.29, 1.82) is 0 Å². The fraction of sp³-hybridized carbons (Fsp3) is 0.0833. The van der Waals surface area contributed by atoms with Gasteiger partial charge in [0.2, 0.25) is 5.28 Å². The van der Waals surface area contributed by atoms with E-state index in [1.807, 2.05) is 12.1 Å². The van der Waals surface area contributed by atoms with E-state index in [-0.39, 0.29) is 5.28 Å². The number of ether oxygens (including phenoxy) is 1. The topological polar surface area (TPSA) is 75.7 Å². The molecule has 0 radical (unpaired) electrons. The van der Waals surface area contributed by atoms with E-state index in [0.717, 1.165) is 14.6 Å². The molecular weight excluding hydrogens is 425 g/mol. The van der Waals surface area contributed by atoms with Crippen molar-refractivity contribution in [3.63, 3.8) is 0 Å². The molecule has 2 heterocycles. The Hall–Kier alpha value is -1.38. The number of fused-ring (bicyclic) bond motifs is 1. The maximum Gasteiger partial charge on any atom is 0.226 e. The summed E-state index contributed by atoms with van der Waals surface area (Å²) in [4.78, 5) is 15.3. The molecule has 0 bridgehead atoms. The zero-order chi connectivity index (χ0) is 15.0. The molecule has 0 amide bonds. The van der Waals surface area contributed by atoms with Gasteiger partial charge in [0.1, 0.15) is 11.3 Å². The summed E-state index contributed by atoms with van der Waals surface area (Å²) in [6.45, 7) is 0. The van der Waals surface area contributed by atoms with E-state index in [2.05, 4.69) is 57.1 Å². The first kappa shape index (κ1) is 14.6. The number of aromatic nitrogens is 4. The maximum absolute atomic E-state index is 5.91. The second-order valence-corrected chi connectivity index (χ2v) is 6.08. The van der Waals surface area contributed by atoms with E-state index < -0.39 is 0 Å². The smallest absolute Gasteiger partial charge is 0.226 e. The Balaban J connectivity index is 2.08. The standard InChI is InChI=1S/C12H8Br2ClN5O/c1-21-8-3-7(5(13)2-6(8)14)18-11-9-10(17-4-16-9)19-12(15)20-11/h2-4H,1H3,(H2,16,17,18,19,20). The average Bonchev–Trinajstić information content (AvgIpc) is 2.89. The molecule has 0 spiro atoms. The highest BCUT2D eigenvalue weighted by Crippen LogP contribution is 2.36. The number of methoxy groups -OCH3 is 1. The summed E-state index contributed by atoms with van der Waals surface area (Å²) in [5.41, 5.74) is 1.95. The number of anilines is 2. The van der Waals surface area contributed by atoms with E-state index >= 15 is 0 Å². The number of rotatable bonds is 3. The van der Waals surface area contributed by atoms with Crippen LogP contribution in [0.5, 0.6) is 5.75 Å². The SMILES string of the molecule is COc1cc(Nc2nc(Cl)nc3nc[nH]c23)c(Br)cc1Br. The van der Waals surface area contributed by atoms with Crippen LogP contribution in [0, 0.1) is 0 Å². The van der Waals surface area contributed by atoms with Crippen LogP contribution in [-0.4, -0.2) is 27.0 Å². The number of nitrogens with one attached hydrogen (secondary N) is 2. The molecule has 6 nitrogen and oxygen atoms in total. The summed E-state index contributed by atoms with van der Waals surface area (Å²) >= 11 is 12.8. The van der Waals surface area contributed by atoms with Crippen LogP contribution in [0.15, 0.2) is 27.4 Å². The lowest BCUT2D eigenvalue weighted by Crippen LogP contribution is -1.98. The van der Waals surface area contributed by atoms with Gasteiger partial charge < -0.3 is 15.0 Å². The summed E-state index contributed by atoms with van der Waals surface area (Å²) in [6.07, 6.45) is 1.54. The predicted octanol–water partition coefficient (Wildman–Crippen LogP) is 4.28. The van der Waals surface area contributed by atoms with Gasteiger partial charge in [-0.1, -0.05) is 0 Å². The van der Waals surface area contributed by atoms with E-state index in [4.69, 9.17) is 16.3 Å². The van der Waals surface area contributed by atoms with Crippen molar-refractivity contribution in [2.45, 2.75) is 0 Å². The molecule has 0 unspecified atom stereocenters. The molecule has 0 aliphatic carbocycles. The highest BCUT2D eigenvalue weighted by molar-refractivity contribution is 9.11. The van der Waals surface area contributed by atoms with Crippen LogP contribution >= 0.6 is 43.5 Å². The van der Waals surface area contributed by atoms with Crippen LogP contribution in [0.1, 0.15) is 0 Å². The Bertz CT molecular complexity index is 823. The van der Waals surface area contributed by atoms with E-state index in [1.54, 1.807) is 7.11 Å². The third-order valence-electron chi connectivity index (χ3n) is 2.75. The molecule has 2 N–H and O–H groups in total. The highest BCUT2D eigenvalue weighted by Gasteiger charge is 2.12. The van der Waals surface area contributed by atoms with Gasteiger partial charge in [0.05, 0.1) is 23.6 Å². The third kappa shape index (κ3) is 2.83. The summed E-state index contributed by atoms with van der Waals surface area (Å²) in [6, 6.07) is 3.72. The fourth-order valence-electron chi connectivity index (χ4n) is 1.81. The van der Waals surface area contributed by atoms with Crippen LogP contribution in [0.2, 0.25) is 5.28 Å². The molecule has 3 aromatic rings. The van der Waals surface area contributed by atoms with E-state index in [1.165, 1.54) is 6.33 Å². The largest absolute Gasteiger partial charge is 0.495 e. The number of benzene rings is 1. The minimum Gasteiger partial charge on any atom is -0.495 e. The van der Waals surface area contributed by atoms with Crippen molar-refractivity contribution < 1.29 is 4.74 Å². The van der Waals surface area contributed by atoms with Gasteiger partial charge in [0.15, 0.2) is 11.5 Å². The minimum absolute atomic E-state index is 0.122. The zero-order valence-corrected chi connectivity index (χ0v) is 14.5. The van der Waals surface area contributed by atoms with Crippen LogP contribution in [0.25, 0.3) is 11.2 Å². The lowest BCUT2D eigenvalue weighted by Gasteiger charge is -2.11. The van der Waals surface area contributed by atoms with Gasteiger partial charge >= 0.3 is 0 Å². The second-order valence-electron chi connectivity index (χ2n) is 4.03. The zero-order valence-electron chi connectivity index (χ0n) is 10.6. The van der Waals surface area contributed by atoms with Gasteiger partial charge in [-0.2, -0.15) is 9.97 Å². The summed E-state index contributed by atoms with van der Waals surface area (Å²) in [7, 11) is 1.60. The summed E-state index contributed by atoms with van der Waals surface area (Å²) in [5.74, 6) is 1.23. The molecule has 2 aromatic heterocycles. The predicted molar refractivity (Wildman–Crippen MR) is 88.4 cm³/mol. The molecular formula is C12H8Br2ClN5O. The maximum atomic E-state index is 5.91. The average molecular weight is 433 g/mol. The van der Waals surface area contributed by atoms with Crippen molar-refractivity contribution >= 4 is 66.1 Å². The number of nitrogens with zero attached hydrogens (tertiary/aromatic N) is 3. The molecule has 1 aromatic carbocycles. The molecule has 3 rings (SSSR count). The lowest BCUT2D eigenvalue weighted by atomic mass is 10.3. The first-order valence-electron chi connectivity index (χ1n) is 5.75. The molecule has 0 saturated heterocycles. The monoisotopic (exact) mass is 431 g/mol. The quantitative estimate of drug-likeness (QED) is 0.603. The van der Waals surface area contributed by atoms with E-state index in [0.29, 0.717) is 22.7 Å². The summed E-state index contributed by atoms with van der Waals surface area (Å²) in [5, 5.41) is 3.31.